The number of fused-ring (bicyclic) bond motifs is 1. The molecule has 3 aliphatic rings. The summed E-state index contributed by atoms with van der Waals surface area (Å²) in [6.07, 6.45) is 0.305. The Morgan fingerprint density at radius 1 is 0.879 bits per heavy atom. The SMILES string of the molecule is CC(C)(C)OC(=O)N1CC(O)C(Cc2ccccc2)C1.CC(C)(C)OC(=O)N1CC2OC2C1. The van der Waals surface area contributed by atoms with Crippen LogP contribution in [0.3, 0.4) is 0 Å². The molecule has 1 N–H and O–H groups in total. The van der Waals surface area contributed by atoms with E-state index in [4.69, 9.17) is 14.2 Å². The van der Waals surface area contributed by atoms with Gasteiger partial charge in [0.05, 0.1) is 25.7 Å². The van der Waals surface area contributed by atoms with Crippen molar-refractivity contribution < 1.29 is 28.9 Å². The minimum Gasteiger partial charge on any atom is -0.444 e. The van der Waals surface area contributed by atoms with Crippen molar-refractivity contribution >= 4 is 12.2 Å². The highest BCUT2D eigenvalue weighted by molar-refractivity contribution is 5.69. The summed E-state index contributed by atoms with van der Waals surface area (Å²) >= 11 is 0. The molecular weight excluding hydrogens is 424 g/mol. The van der Waals surface area contributed by atoms with Crippen molar-refractivity contribution in [1.29, 1.82) is 0 Å². The largest absolute Gasteiger partial charge is 0.444 e. The highest BCUT2D eigenvalue weighted by atomic mass is 16.6. The molecule has 3 aliphatic heterocycles. The fourth-order valence-corrected chi connectivity index (χ4v) is 3.93. The van der Waals surface area contributed by atoms with Gasteiger partial charge in [-0.15, -0.1) is 0 Å². The first-order valence-electron chi connectivity index (χ1n) is 11.6. The van der Waals surface area contributed by atoms with Crippen LogP contribution in [0.4, 0.5) is 9.59 Å². The fourth-order valence-electron chi connectivity index (χ4n) is 3.93. The molecule has 0 spiro atoms. The molecule has 3 heterocycles. The molecule has 33 heavy (non-hydrogen) atoms. The number of aliphatic hydroxyl groups is 1. The number of carbonyl (C=O) groups is 2. The first kappa shape index (κ1) is 25.3. The zero-order valence-corrected chi connectivity index (χ0v) is 20.6. The maximum absolute atomic E-state index is 12.0. The van der Waals surface area contributed by atoms with Crippen LogP contribution >= 0.6 is 0 Å². The topological polar surface area (TPSA) is 91.8 Å². The molecule has 0 aromatic heterocycles. The van der Waals surface area contributed by atoms with Gasteiger partial charge >= 0.3 is 12.2 Å². The standard InChI is InChI=1S/C16H23NO3.C9H15NO3/c1-16(2,3)20-15(19)17-10-13(14(18)11-17)9-12-7-5-4-6-8-12;1-9(2,3)13-8(11)10-4-6-7(5-10)12-6/h4-8,13-14,18H,9-11H2,1-3H3;6-7H,4-5H2,1-3H3. The van der Waals surface area contributed by atoms with Crippen molar-refractivity contribution in [1.82, 2.24) is 9.80 Å². The van der Waals surface area contributed by atoms with Crippen LogP contribution in [-0.2, 0) is 20.6 Å². The maximum Gasteiger partial charge on any atom is 0.410 e. The van der Waals surface area contributed by atoms with Gasteiger partial charge in [0.2, 0.25) is 0 Å². The Hall–Kier alpha value is -2.32. The highest BCUT2D eigenvalue weighted by Crippen LogP contribution is 2.31. The normalized spacial score (nSPS) is 26.3. The lowest BCUT2D eigenvalue weighted by atomic mass is 9.97. The summed E-state index contributed by atoms with van der Waals surface area (Å²) in [4.78, 5) is 26.8. The predicted octanol–water partition coefficient (Wildman–Crippen LogP) is 3.46. The summed E-state index contributed by atoms with van der Waals surface area (Å²) in [5.74, 6) is 0.0740. The summed E-state index contributed by atoms with van der Waals surface area (Å²) in [5.41, 5.74) is 0.284. The van der Waals surface area contributed by atoms with Crippen LogP contribution in [0.25, 0.3) is 0 Å². The number of hydrogen-bond donors (Lipinski definition) is 1. The molecule has 3 fully saturated rings. The third-order valence-electron chi connectivity index (χ3n) is 5.54. The van der Waals surface area contributed by atoms with E-state index in [1.165, 1.54) is 5.56 Å². The van der Waals surface area contributed by atoms with E-state index < -0.39 is 17.3 Å². The first-order chi connectivity index (χ1) is 15.3. The number of aliphatic hydroxyl groups excluding tert-OH is 1. The Balaban J connectivity index is 0.000000203. The third-order valence-corrected chi connectivity index (χ3v) is 5.54. The number of nitrogens with zero attached hydrogens (tertiary/aromatic N) is 2. The molecule has 1 aromatic rings. The smallest absolute Gasteiger partial charge is 0.410 e. The minimum atomic E-state index is -0.500. The second kappa shape index (κ2) is 9.89. The number of carbonyl (C=O) groups excluding carboxylic acids is 2. The van der Waals surface area contributed by atoms with E-state index in [9.17, 15) is 14.7 Å². The van der Waals surface area contributed by atoms with Gasteiger partial charge in [0.25, 0.3) is 0 Å². The number of hydrogen-bond acceptors (Lipinski definition) is 6. The number of rotatable bonds is 2. The molecule has 184 valence electrons. The molecule has 4 rings (SSSR count). The van der Waals surface area contributed by atoms with Gasteiger partial charge in [0.1, 0.15) is 23.4 Å². The van der Waals surface area contributed by atoms with E-state index in [1.54, 1.807) is 9.80 Å². The molecule has 8 heteroatoms. The second-order valence-corrected chi connectivity index (χ2v) is 11.0. The molecule has 0 aliphatic carbocycles. The van der Waals surface area contributed by atoms with E-state index >= 15 is 0 Å². The Bertz CT molecular complexity index is 806. The second-order valence-electron chi connectivity index (χ2n) is 11.0. The third kappa shape index (κ3) is 7.89. The molecule has 0 saturated carbocycles. The Morgan fingerprint density at radius 2 is 1.36 bits per heavy atom. The van der Waals surface area contributed by atoms with Gasteiger partial charge in [-0.3, -0.25) is 0 Å². The molecule has 3 saturated heterocycles. The molecule has 8 nitrogen and oxygen atoms in total. The molecule has 4 unspecified atom stereocenters. The molecule has 1 aromatic carbocycles. The van der Waals surface area contributed by atoms with Crippen molar-refractivity contribution in [2.45, 2.75) is 77.5 Å². The van der Waals surface area contributed by atoms with Crippen LogP contribution in [0.15, 0.2) is 30.3 Å². The summed E-state index contributed by atoms with van der Waals surface area (Å²) < 4.78 is 15.8. The molecule has 2 amide bonds. The van der Waals surface area contributed by atoms with Gasteiger partial charge in [0.15, 0.2) is 0 Å². The number of morpholine rings is 1. The fraction of sp³-hybridized carbons (Fsp3) is 0.680. The van der Waals surface area contributed by atoms with Gasteiger partial charge < -0.3 is 29.1 Å². The number of β-amino-alcohol motifs (C(OH)–C–C–N with tert-alkyl or cyclic N) is 1. The van der Waals surface area contributed by atoms with Crippen LogP contribution in [0.5, 0.6) is 0 Å². The first-order valence-corrected chi connectivity index (χ1v) is 11.6. The number of ether oxygens (including phenoxy) is 3. The van der Waals surface area contributed by atoms with Crippen molar-refractivity contribution in [3.05, 3.63) is 35.9 Å². The molecule has 0 bridgehead atoms. The van der Waals surface area contributed by atoms with Crippen molar-refractivity contribution in [2.24, 2.45) is 5.92 Å². The lowest BCUT2D eigenvalue weighted by Gasteiger charge is -2.24. The highest BCUT2D eigenvalue weighted by Gasteiger charge is 2.49. The average molecular weight is 463 g/mol. The Labute approximate surface area is 196 Å². The van der Waals surface area contributed by atoms with E-state index in [0.29, 0.717) is 26.2 Å². The lowest BCUT2D eigenvalue weighted by Crippen LogP contribution is -2.37. The van der Waals surface area contributed by atoms with Crippen LogP contribution in [-0.4, -0.2) is 82.8 Å². The van der Waals surface area contributed by atoms with Gasteiger partial charge in [-0.05, 0) is 53.5 Å². The summed E-state index contributed by atoms with van der Waals surface area (Å²) in [7, 11) is 0. The Morgan fingerprint density at radius 3 is 1.85 bits per heavy atom. The van der Waals surface area contributed by atoms with Crippen molar-refractivity contribution in [3.8, 4) is 0 Å². The van der Waals surface area contributed by atoms with Crippen LogP contribution in [0, 0.1) is 5.92 Å². The van der Waals surface area contributed by atoms with E-state index in [2.05, 4.69) is 0 Å². The monoisotopic (exact) mass is 462 g/mol. The number of amides is 2. The van der Waals surface area contributed by atoms with Gasteiger partial charge in [-0.1, -0.05) is 30.3 Å². The van der Waals surface area contributed by atoms with Crippen molar-refractivity contribution in [3.63, 3.8) is 0 Å². The molecule has 4 atom stereocenters. The van der Waals surface area contributed by atoms with E-state index in [1.807, 2.05) is 71.9 Å². The lowest BCUT2D eigenvalue weighted by molar-refractivity contribution is 0.0228. The van der Waals surface area contributed by atoms with Gasteiger partial charge in [0, 0.05) is 12.5 Å². The number of epoxide rings is 1. The summed E-state index contributed by atoms with van der Waals surface area (Å²) in [6.45, 7) is 13.4. The predicted molar refractivity (Wildman–Crippen MR) is 124 cm³/mol. The van der Waals surface area contributed by atoms with E-state index in [-0.39, 0.29) is 30.3 Å². The zero-order valence-electron chi connectivity index (χ0n) is 20.6. The molecule has 0 radical (unpaired) electrons. The molecular formula is C25H38N2O6. The van der Waals surface area contributed by atoms with Crippen LogP contribution in [0.1, 0.15) is 47.1 Å². The van der Waals surface area contributed by atoms with Gasteiger partial charge in [-0.2, -0.15) is 0 Å². The van der Waals surface area contributed by atoms with E-state index in [0.717, 1.165) is 6.42 Å². The van der Waals surface area contributed by atoms with Crippen LogP contribution < -0.4 is 0 Å². The zero-order chi connectivity index (χ0) is 24.4. The van der Waals surface area contributed by atoms with Gasteiger partial charge in [-0.25, -0.2) is 9.59 Å². The number of benzene rings is 1. The summed E-state index contributed by atoms with van der Waals surface area (Å²) in [5, 5.41) is 10.1. The summed E-state index contributed by atoms with van der Waals surface area (Å²) in [6, 6.07) is 10.0. The Kier molecular flexibility index (Phi) is 7.59. The van der Waals surface area contributed by atoms with Crippen LogP contribution in [0.2, 0.25) is 0 Å². The quantitative estimate of drug-likeness (QED) is 0.677. The maximum atomic E-state index is 12.0. The average Bonchev–Trinajstić information content (AvgIpc) is 3.11. The number of likely N-dealkylation sites (tertiary alicyclic amines) is 2. The van der Waals surface area contributed by atoms with Crippen molar-refractivity contribution in [2.75, 3.05) is 26.2 Å². The minimum absolute atomic E-state index is 0.0740.